The molecule has 0 unspecified atom stereocenters. The zero-order valence-corrected chi connectivity index (χ0v) is 12.9. The van der Waals surface area contributed by atoms with Gasteiger partial charge in [0.25, 0.3) is 0 Å². The maximum absolute atomic E-state index is 14.2. The van der Waals surface area contributed by atoms with E-state index in [0.29, 0.717) is 11.1 Å². The van der Waals surface area contributed by atoms with Gasteiger partial charge in [0.1, 0.15) is 18.0 Å². The zero-order valence-electron chi connectivity index (χ0n) is 12.9. The lowest BCUT2D eigenvalue weighted by Crippen LogP contribution is -2.43. The van der Waals surface area contributed by atoms with Gasteiger partial charge >= 0.3 is 11.6 Å². The number of rotatable bonds is 7. The molecule has 0 radical (unpaired) electrons. The van der Waals surface area contributed by atoms with Crippen LogP contribution in [-0.4, -0.2) is 45.9 Å². The summed E-state index contributed by atoms with van der Waals surface area (Å²) in [5, 5.41) is 12.8. The Hall–Kier alpha value is -1.58. The third kappa shape index (κ3) is 3.85. The molecule has 1 aliphatic rings. The fraction of sp³-hybridized carbons (Fsp3) is 0.714. The van der Waals surface area contributed by atoms with Crippen LogP contribution < -0.4 is 16.7 Å². The second-order valence-electron chi connectivity index (χ2n) is 5.60. The SMILES string of the molecule is CCCCCNC[C@H]1O[C@@H](n2ccc(N)nc2=O)C(F)(F)[C@@H]1O. The summed E-state index contributed by atoms with van der Waals surface area (Å²) in [7, 11) is 0. The third-order valence-corrected chi connectivity index (χ3v) is 3.79. The number of hydrogen-bond acceptors (Lipinski definition) is 6. The molecule has 3 atom stereocenters. The van der Waals surface area contributed by atoms with Gasteiger partial charge < -0.3 is 20.9 Å². The standard InChI is InChI=1S/C14H22F2N4O3/c1-2-3-4-6-18-8-9-11(21)14(15,16)12(23-9)20-7-5-10(17)19-13(20)22/h5,7,9,11-12,18,21H,2-4,6,8H2,1H3,(H2,17,19,22)/t9-,11-,12-/m1/s1. The van der Waals surface area contributed by atoms with E-state index in [4.69, 9.17) is 10.5 Å². The molecule has 0 aromatic carbocycles. The van der Waals surface area contributed by atoms with Crippen molar-refractivity contribution in [2.24, 2.45) is 0 Å². The monoisotopic (exact) mass is 332 g/mol. The van der Waals surface area contributed by atoms with Crippen molar-refractivity contribution in [1.82, 2.24) is 14.9 Å². The molecular formula is C14H22F2N4O3. The van der Waals surface area contributed by atoms with Gasteiger partial charge in [-0.3, -0.25) is 4.57 Å². The van der Waals surface area contributed by atoms with Crippen LogP contribution in [0.15, 0.2) is 17.1 Å². The molecular weight excluding hydrogens is 310 g/mol. The normalized spacial score (nSPS) is 26.5. The highest BCUT2D eigenvalue weighted by atomic mass is 19.3. The van der Waals surface area contributed by atoms with Gasteiger partial charge in [-0.15, -0.1) is 0 Å². The zero-order chi connectivity index (χ0) is 17.0. The van der Waals surface area contributed by atoms with Crippen LogP contribution in [0.3, 0.4) is 0 Å². The minimum atomic E-state index is -3.60. The van der Waals surface area contributed by atoms with Gasteiger partial charge in [-0.25, -0.2) is 4.79 Å². The van der Waals surface area contributed by atoms with Gasteiger partial charge in [0, 0.05) is 12.7 Å². The van der Waals surface area contributed by atoms with E-state index in [1.807, 2.05) is 0 Å². The van der Waals surface area contributed by atoms with E-state index in [9.17, 15) is 18.7 Å². The molecule has 4 N–H and O–H groups in total. The largest absolute Gasteiger partial charge is 0.384 e. The number of alkyl halides is 2. The van der Waals surface area contributed by atoms with Crippen LogP contribution in [0.25, 0.3) is 0 Å². The van der Waals surface area contributed by atoms with Crippen molar-refractivity contribution < 1.29 is 18.6 Å². The number of aliphatic hydroxyl groups is 1. The highest BCUT2D eigenvalue weighted by Gasteiger charge is 2.59. The maximum Gasteiger partial charge on any atom is 0.351 e. The first-order valence-corrected chi connectivity index (χ1v) is 7.64. The molecule has 23 heavy (non-hydrogen) atoms. The molecule has 2 rings (SSSR count). The van der Waals surface area contributed by atoms with Crippen LogP contribution >= 0.6 is 0 Å². The lowest BCUT2D eigenvalue weighted by molar-refractivity contribution is -0.140. The Kier molecular flexibility index (Phi) is 5.66. The minimum Gasteiger partial charge on any atom is -0.384 e. The molecule has 7 nitrogen and oxygen atoms in total. The Bertz CT molecular complexity index is 581. The van der Waals surface area contributed by atoms with Gasteiger partial charge in [0.05, 0.1) is 0 Å². The van der Waals surface area contributed by atoms with Gasteiger partial charge in [0.15, 0.2) is 0 Å². The molecule has 1 fully saturated rings. The number of ether oxygens (including phenoxy) is 1. The summed E-state index contributed by atoms with van der Waals surface area (Å²) in [6.07, 6.45) is -0.922. The molecule has 9 heteroatoms. The lowest BCUT2D eigenvalue weighted by Gasteiger charge is -2.20. The number of nitrogens with one attached hydrogen (secondary N) is 1. The number of aliphatic hydroxyl groups excluding tert-OH is 1. The molecule has 1 saturated heterocycles. The first-order chi connectivity index (χ1) is 10.9. The van der Waals surface area contributed by atoms with Gasteiger partial charge in [-0.05, 0) is 19.0 Å². The lowest BCUT2D eigenvalue weighted by atomic mass is 10.1. The van der Waals surface area contributed by atoms with Gasteiger partial charge in [-0.2, -0.15) is 13.8 Å². The van der Waals surface area contributed by atoms with E-state index >= 15 is 0 Å². The Balaban J connectivity index is 2.06. The second kappa shape index (κ2) is 7.33. The number of hydrogen-bond donors (Lipinski definition) is 3. The summed E-state index contributed by atoms with van der Waals surface area (Å²) in [6, 6.07) is 1.23. The van der Waals surface area contributed by atoms with Crippen molar-refractivity contribution in [1.29, 1.82) is 0 Å². The van der Waals surface area contributed by atoms with E-state index in [-0.39, 0.29) is 12.4 Å². The predicted octanol–water partition coefficient (Wildman–Crippen LogP) is 0.499. The molecule has 130 valence electrons. The average molecular weight is 332 g/mol. The second-order valence-corrected chi connectivity index (χ2v) is 5.60. The van der Waals surface area contributed by atoms with Crippen LogP contribution in [0.5, 0.6) is 0 Å². The van der Waals surface area contributed by atoms with Crippen molar-refractivity contribution in [2.45, 2.75) is 50.5 Å². The summed E-state index contributed by atoms with van der Waals surface area (Å²) in [5.74, 6) is -3.67. The van der Waals surface area contributed by atoms with Crippen LogP contribution in [-0.2, 0) is 4.74 Å². The number of nitrogen functional groups attached to an aromatic ring is 1. The molecule has 0 amide bonds. The fourth-order valence-electron chi connectivity index (χ4n) is 2.48. The van der Waals surface area contributed by atoms with Crippen molar-refractivity contribution in [3.63, 3.8) is 0 Å². The highest BCUT2D eigenvalue weighted by molar-refractivity contribution is 5.23. The number of nitrogens with zero attached hydrogens (tertiary/aromatic N) is 2. The van der Waals surface area contributed by atoms with Crippen LogP contribution in [0.4, 0.5) is 14.6 Å². The van der Waals surface area contributed by atoms with Crippen LogP contribution in [0.2, 0.25) is 0 Å². The molecule has 0 saturated carbocycles. The maximum atomic E-state index is 14.2. The van der Waals surface area contributed by atoms with Gasteiger partial charge in [-0.1, -0.05) is 19.8 Å². The predicted molar refractivity (Wildman–Crippen MR) is 80.2 cm³/mol. The van der Waals surface area contributed by atoms with Crippen molar-refractivity contribution in [3.8, 4) is 0 Å². The van der Waals surface area contributed by atoms with Crippen molar-refractivity contribution in [2.75, 3.05) is 18.8 Å². The number of anilines is 1. The summed E-state index contributed by atoms with van der Waals surface area (Å²) in [6.45, 7) is 2.79. The van der Waals surface area contributed by atoms with Gasteiger partial charge in [0.2, 0.25) is 6.23 Å². The fourth-order valence-corrected chi connectivity index (χ4v) is 2.48. The van der Waals surface area contributed by atoms with Crippen LogP contribution in [0, 0.1) is 0 Å². The summed E-state index contributed by atoms with van der Waals surface area (Å²) >= 11 is 0. The molecule has 1 aromatic rings. The van der Waals surface area contributed by atoms with E-state index < -0.39 is 30.0 Å². The Morgan fingerprint density at radius 2 is 2.26 bits per heavy atom. The molecule has 1 aromatic heterocycles. The number of halogens is 2. The Morgan fingerprint density at radius 3 is 2.91 bits per heavy atom. The van der Waals surface area contributed by atoms with E-state index in [1.54, 1.807) is 0 Å². The third-order valence-electron chi connectivity index (χ3n) is 3.79. The minimum absolute atomic E-state index is 0.0674. The smallest absolute Gasteiger partial charge is 0.351 e. The van der Waals surface area contributed by atoms with Crippen LogP contribution in [0.1, 0.15) is 32.4 Å². The average Bonchev–Trinajstić information content (AvgIpc) is 2.71. The van der Waals surface area contributed by atoms with Crippen molar-refractivity contribution in [3.05, 3.63) is 22.7 Å². The molecule has 0 bridgehead atoms. The first kappa shape index (κ1) is 17.8. The van der Waals surface area contributed by atoms with Crippen molar-refractivity contribution >= 4 is 5.82 Å². The molecule has 2 heterocycles. The first-order valence-electron chi connectivity index (χ1n) is 7.64. The molecule has 1 aliphatic heterocycles. The quantitative estimate of drug-likeness (QED) is 0.629. The van der Waals surface area contributed by atoms with E-state index in [0.717, 1.165) is 25.5 Å². The Labute approximate surface area is 132 Å². The summed E-state index contributed by atoms with van der Waals surface area (Å²) in [4.78, 5) is 15.1. The number of unbranched alkanes of at least 4 members (excludes halogenated alkanes) is 2. The topological polar surface area (TPSA) is 102 Å². The Morgan fingerprint density at radius 1 is 1.52 bits per heavy atom. The molecule has 0 spiro atoms. The van der Waals surface area contributed by atoms with E-state index in [2.05, 4.69) is 17.2 Å². The highest BCUT2D eigenvalue weighted by Crippen LogP contribution is 2.41. The molecule has 0 aliphatic carbocycles. The number of nitrogens with two attached hydrogens (primary N) is 1. The van der Waals surface area contributed by atoms with E-state index in [1.165, 1.54) is 6.07 Å². The number of aromatic nitrogens is 2. The summed E-state index contributed by atoms with van der Waals surface area (Å²) in [5.41, 5.74) is 4.40. The summed E-state index contributed by atoms with van der Waals surface area (Å²) < 4.78 is 34.3.